The number of benzene rings is 14. The lowest BCUT2D eigenvalue weighted by Gasteiger charge is -2.35. The van der Waals surface area contributed by atoms with Gasteiger partial charge in [0, 0.05) is 34.9 Å². The highest BCUT2D eigenvalue weighted by molar-refractivity contribution is 6.19. The smallest absolute Gasteiger partial charge is 0.160 e. The van der Waals surface area contributed by atoms with E-state index in [1.165, 1.54) is 23.3 Å². The van der Waals surface area contributed by atoms with Gasteiger partial charge in [-0.15, -0.1) is 0 Å². The average molecular weight is 1400 g/mol. The van der Waals surface area contributed by atoms with Gasteiger partial charge in [-0.3, -0.25) is 0 Å². The van der Waals surface area contributed by atoms with Crippen LogP contribution in [0.15, 0.2) is 321 Å². The molecule has 9 heteroatoms. The number of nitrogens with zero attached hydrogens (tertiary/aromatic N) is 2. The summed E-state index contributed by atoms with van der Waals surface area (Å²) in [6.07, 6.45) is 3.60. The molecule has 0 aliphatic heterocycles. The van der Waals surface area contributed by atoms with E-state index in [0.29, 0.717) is 79.1 Å². The Bertz CT molecular complexity index is 5620. The molecule has 0 saturated heterocycles. The zero-order chi connectivity index (χ0) is 73.7. The first-order valence-electron chi connectivity index (χ1n) is 36.0. The van der Waals surface area contributed by atoms with Gasteiger partial charge in [0.05, 0.1) is 33.0 Å². The molecule has 2 atom stereocenters. The van der Waals surface area contributed by atoms with Crippen LogP contribution in [0.3, 0.4) is 0 Å². The summed E-state index contributed by atoms with van der Waals surface area (Å²) in [6, 6.07) is 99.2. The summed E-state index contributed by atoms with van der Waals surface area (Å²) >= 11 is 0. The first-order chi connectivity index (χ1) is 51.8. The van der Waals surface area contributed by atoms with E-state index < -0.39 is 34.1 Å². The maximum absolute atomic E-state index is 16.5. The third-order valence-corrected chi connectivity index (χ3v) is 21.5. The molecule has 0 fully saturated rings. The highest BCUT2D eigenvalue weighted by Gasteiger charge is 2.49. The number of halogens is 4. The van der Waals surface area contributed by atoms with Crippen LogP contribution in [0.2, 0.25) is 0 Å². The molecule has 14 aromatic carbocycles. The maximum Gasteiger partial charge on any atom is 0.160 e. The van der Waals surface area contributed by atoms with Crippen molar-refractivity contribution >= 4 is 68.2 Å². The minimum atomic E-state index is -1.04. The topological polar surface area (TPSA) is 38.1 Å². The molecule has 107 heavy (non-hydrogen) atoms. The lowest BCUT2D eigenvalue weighted by atomic mass is 9.67. The molecule has 0 amide bonds. The normalized spacial score (nSPS) is 15.0. The molecule has 5 nitrogen and oxygen atoms in total. The van der Waals surface area contributed by atoms with Crippen LogP contribution < -0.4 is 19.3 Å². The van der Waals surface area contributed by atoms with Crippen molar-refractivity contribution in [2.75, 3.05) is 9.80 Å². The van der Waals surface area contributed by atoms with Crippen LogP contribution in [0.4, 0.5) is 51.7 Å². The second-order valence-electron chi connectivity index (χ2n) is 29.8. The fourth-order valence-corrected chi connectivity index (χ4v) is 16.3. The van der Waals surface area contributed by atoms with Crippen molar-refractivity contribution in [1.29, 1.82) is 0 Å². The number of furan rings is 1. The molecule has 522 valence electrons. The Labute approximate surface area is 620 Å². The number of fused-ring (bicyclic) bond motifs is 9. The van der Waals surface area contributed by atoms with E-state index in [2.05, 4.69) is 200 Å². The Morgan fingerprint density at radius 1 is 0.318 bits per heavy atom. The molecular formula is C98H74F4N2O3. The van der Waals surface area contributed by atoms with Crippen molar-refractivity contribution in [2.45, 2.75) is 63.2 Å². The SMILES string of the molecule is C=Cc1ccc(Oc2ccc(C3(c4ccc(C(C)(C)C)cc4)c4ccccc4-c4ccc(N(c5ccc(F)c(F)c5)c5cccc6oc7cccc(N(c8ccc(F)c(F)c8)c8ccc9c(c8)C(c8ccc(Oc%10ccc(C=C)cc%10)cc8)(c8ccc(C(C)(C)C)cc8)c8ccccc8-9)c7c56)cc43)cc2)cc1. The molecule has 0 N–H and O–H groups in total. The van der Waals surface area contributed by atoms with Crippen LogP contribution >= 0.6 is 0 Å². The standard InChI is InChI=1S/C98H74F4N2O3/c1-9-61-25-45-73(46-26-61)105-75-49-37-67(38-50-75)97(65-33-29-63(30-34-65)95(3,4)5)81-19-13-11-17-77(81)79-53-41-69(57-83(79)97)103(71-43-55-85(99)87(101)59-71)89-21-15-23-91-93(89)94-90(22-16-24-92(94)107-91)104(72-44-56-86(100)88(102)60-72)70-42-54-80-78-18-12-14-20-82(78)98(84(80)58-70,66-35-31-64(32-36-66)96(6,7)8)68-39-51-76(52-40-68)106-74-47-27-62(10-2)28-48-74/h9-60H,1-2H2,3-8H3. The summed E-state index contributed by atoms with van der Waals surface area (Å²) in [5.41, 5.74) is 18.2. The van der Waals surface area contributed by atoms with E-state index in [1.54, 1.807) is 24.3 Å². The van der Waals surface area contributed by atoms with Crippen molar-refractivity contribution in [1.82, 2.24) is 0 Å². The third-order valence-electron chi connectivity index (χ3n) is 21.5. The molecule has 1 aromatic heterocycles. The summed E-state index contributed by atoms with van der Waals surface area (Å²) in [7, 11) is 0. The van der Waals surface area contributed by atoms with Gasteiger partial charge in [0.1, 0.15) is 34.2 Å². The highest BCUT2D eigenvalue weighted by Crippen LogP contribution is 2.61. The summed E-state index contributed by atoms with van der Waals surface area (Å²) in [4.78, 5) is 3.93. The number of ether oxygens (including phenoxy) is 2. The van der Waals surface area contributed by atoms with Gasteiger partial charge < -0.3 is 23.7 Å². The van der Waals surface area contributed by atoms with Gasteiger partial charge in [-0.1, -0.05) is 237 Å². The monoisotopic (exact) mass is 1400 g/mol. The van der Waals surface area contributed by atoms with Crippen molar-refractivity contribution in [2.24, 2.45) is 0 Å². The Morgan fingerprint density at radius 2 is 0.636 bits per heavy atom. The van der Waals surface area contributed by atoms with Crippen LogP contribution in [-0.2, 0) is 21.7 Å². The van der Waals surface area contributed by atoms with E-state index in [0.717, 1.165) is 90.0 Å². The van der Waals surface area contributed by atoms with Gasteiger partial charge in [-0.05, 0) is 221 Å². The number of rotatable bonds is 16. The zero-order valence-electron chi connectivity index (χ0n) is 60.1. The molecule has 0 radical (unpaired) electrons. The highest BCUT2D eigenvalue weighted by atomic mass is 19.2. The predicted molar refractivity (Wildman–Crippen MR) is 428 cm³/mol. The van der Waals surface area contributed by atoms with Crippen molar-refractivity contribution < 1.29 is 31.5 Å². The van der Waals surface area contributed by atoms with E-state index >= 15 is 17.6 Å². The molecule has 17 rings (SSSR count). The molecule has 0 spiro atoms. The van der Waals surface area contributed by atoms with Crippen LogP contribution in [0.5, 0.6) is 23.0 Å². The number of anilines is 6. The van der Waals surface area contributed by atoms with Crippen molar-refractivity contribution in [3.05, 3.63) is 407 Å². The van der Waals surface area contributed by atoms with Gasteiger partial charge in [0.25, 0.3) is 0 Å². The predicted octanol–water partition coefficient (Wildman–Crippen LogP) is 27.3. The Balaban J connectivity index is 0.880. The van der Waals surface area contributed by atoms with E-state index in [4.69, 9.17) is 13.9 Å². The molecule has 2 aliphatic rings. The Morgan fingerprint density at radius 3 is 0.981 bits per heavy atom. The molecule has 1 heterocycles. The molecule has 0 bridgehead atoms. The maximum atomic E-state index is 16.5. The molecule has 2 aliphatic carbocycles. The summed E-state index contributed by atoms with van der Waals surface area (Å²) in [5, 5.41) is 1.22. The zero-order valence-corrected chi connectivity index (χ0v) is 60.1. The van der Waals surface area contributed by atoms with Gasteiger partial charge in [0.15, 0.2) is 23.3 Å². The van der Waals surface area contributed by atoms with Gasteiger partial charge in [0.2, 0.25) is 0 Å². The van der Waals surface area contributed by atoms with Crippen LogP contribution in [0.1, 0.15) is 108 Å². The molecular weight excluding hydrogens is 1330 g/mol. The molecule has 15 aromatic rings. The van der Waals surface area contributed by atoms with Crippen LogP contribution in [-0.4, -0.2) is 0 Å². The number of hydrogen-bond acceptors (Lipinski definition) is 5. The lowest BCUT2D eigenvalue weighted by molar-refractivity contribution is 0.482. The Hall–Kier alpha value is -12.7. The minimum absolute atomic E-state index is 0.147. The summed E-state index contributed by atoms with van der Waals surface area (Å²) < 4.78 is 84.4. The minimum Gasteiger partial charge on any atom is -0.457 e. The fourth-order valence-electron chi connectivity index (χ4n) is 16.3. The first kappa shape index (κ1) is 67.5. The second-order valence-corrected chi connectivity index (χ2v) is 29.8. The van der Waals surface area contributed by atoms with E-state index in [1.807, 2.05) is 131 Å². The van der Waals surface area contributed by atoms with E-state index in [-0.39, 0.29) is 10.8 Å². The van der Waals surface area contributed by atoms with Crippen LogP contribution in [0.25, 0.3) is 56.3 Å². The Kier molecular flexibility index (Phi) is 16.5. The first-order valence-corrected chi connectivity index (χ1v) is 36.0. The molecule has 0 saturated carbocycles. The van der Waals surface area contributed by atoms with Crippen molar-refractivity contribution in [3.8, 4) is 45.3 Å². The quantitative estimate of drug-likeness (QED) is 0.0902. The number of hydrogen-bond donors (Lipinski definition) is 0. The largest absolute Gasteiger partial charge is 0.457 e. The summed E-state index contributed by atoms with van der Waals surface area (Å²) in [6.45, 7) is 21.1. The average Bonchev–Trinajstić information content (AvgIpc) is 1.54. The third kappa shape index (κ3) is 11.4. The van der Waals surface area contributed by atoms with Crippen molar-refractivity contribution in [3.63, 3.8) is 0 Å². The fraction of sp³-hybridized carbons (Fsp3) is 0.102. The van der Waals surface area contributed by atoms with Crippen LogP contribution in [0, 0.1) is 23.3 Å². The van der Waals surface area contributed by atoms with Gasteiger partial charge >= 0.3 is 0 Å². The van der Waals surface area contributed by atoms with E-state index in [9.17, 15) is 0 Å². The second kappa shape index (κ2) is 26.2. The lowest BCUT2D eigenvalue weighted by Crippen LogP contribution is -2.29. The molecule has 2 unspecified atom stereocenters. The van der Waals surface area contributed by atoms with Gasteiger partial charge in [-0.2, -0.15) is 0 Å². The van der Waals surface area contributed by atoms with Gasteiger partial charge in [-0.25, -0.2) is 17.6 Å². The summed E-state index contributed by atoms with van der Waals surface area (Å²) in [5.74, 6) is -1.41.